The smallest absolute Gasteiger partial charge is 0.409 e. The molecule has 204 valence electrons. The molecule has 11 heteroatoms. The van der Waals surface area contributed by atoms with Crippen molar-refractivity contribution < 1.29 is 27.5 Å². The predicted octanol–water partition coefficient (Wildman–Crippen LogP) is 4.73. The number of hydrogen-bond acceptors (Lipinski definition) is 6. The Morgan fingerprint density at radius 2 is 1.77 bits per heavy atom. The van der Waals surface area contributed by atoms with Crippen LogP contribution in [0, 0.1) is 0 Å². The predicted molar refractivity (Wildman–Crippen MR) is 141 cm³/mol. The summed E-state index contributed by atoms with van der Waals surface area (Å²) in [6, 6.07) is 15.6. The zero-order valence-corrected chi connectivity index (χ0v) is 21.4. The number of carbonyl (C=O) groups excluding carboxylic acids is 2. The van der Waals surface area contributed by atoms with Crippen molar-refractivity contribution in [2.45, 2.75) is 24.2 Å². The number of methoxy groups -OCH3 is 1. The van der Waals surface area contributed by atoms with Crippen LogP contribution in [-0.2, 0) is 21.5 Å². The molecule has 2 amide bonds. The van der Waals surface area contributed by atoms with E-state index in [9.17, 15) is 22.8 Å². The molecule has 2 aromatic carbocycles. The first-order chi connectivity index (χ1) is 19.1. The number of anilines is 1. The molecule has 0 saturated carbocycles. The van der Waals surface area contributed by atoms with E-state index in [1.165, 1.54) is 24.3 Å². The highest BCUT2D eigenvalue weighted by atomic mass is 19.4. The molecule has 1 fully saturated rings. The molecule has 2 aliphatic rings. The molecule has 4 heterocycles. The van der Waals surface area contributed by atoms with Crippen LogP contribution in [0.3, 0.4) is 0 Å². The summed E-state index contributed by atoms with van der Waals surface area (Å²) in [5, 5.41) is 1.65. The lowest BCUT2D eigenvalue weighted by Gasteiger charge is -2.45. The Labute approximate surface area is 227 Å². The van der Waals surface area contributed by atoms with Gasteiger partial charge in [0.2, 0.25) is 5.91 Å². The van der Waals surface area contributed by atoms with Crippen LogP contribution in [0.1, 0.15) is 23.0 Å². The number of fused-ring (bicyclic) bond motifs is 3. The quantitative estimate of drug-likeness (QED) is 0.397. The van der Waals surface area contributed by atoms with Crippen LogP contribution in [0.5, 0.6) is 0 Å². The molecule has 1 atom stereocenters. The molecule has 1 saturated heterocycles. The SMILES string of the molecule is COC(=O)N1CC2(C1)C(=O)N(Cc1ncc3ccccc3c1-c1ccc(C(N)C(F)(F)F)nc1)c1ccccc12. The summed E-state index contributed by atoms with van der Waals surface area (Å²) in [6.45, 7) is 0.517. The van der Waals surface area contributed by atoms with E-state index in [2.05, 4.69) is 9.97 Å². The van der Waals surface area contributed by atoms with Crippen LogP contribution in [0.25, 0.3) is 21.9 Å². The van der Waals surface area contributed by atoms with Gasteiger partial charge in [-0.2, -0.15) is 13.2 Å². The highest BCUT2D eigenvalue weighted by molar-refractivity contribution is 6.10. The average molecular weight is 548 g/mol. The van der Waals surface area contributed by atoms with E-state index in [0.717, 1.165) is 22.0 Å². The van der Waals surface area contributed by atoms with Gasteiger partial charge in [-0.05, 0) is 23.1 Å². The minimum absolute atomic E-state index is 0.111. The van der Waals surface area contributed by atoms with Crippen molar-refractivity contribution in [2.75, 3.05) is 25.1 Å². The molecule has 1 unspecified atom stereocenters. The van der Waals surface area contributed by atoms with Gasteiger partial charge >= 0.3 is 12.3 Å². The van der Waals surface area contributed by atoms with Gasteiger partial charge < -0.3 is 20.3 Å². The van der Waals surface area contributed by atoms with Crippen molar-refractivity contribution in [3.63, 3.8) is 0 Å². The van der Waals surface area contributed by atoms with E-state index in [-0.39, 0.29) is 31.2 Å². The third-order valence-electron chi connectivity index (χ3n) is 7.65. The summed E-state index contributed by atoms with van der Waals surface area (Å²) in [7, 11) is 1.30. The van der Waals surface area contributed by atoms with Gasteiger partial charge in [0.1, 0.15) is 11.5 Å². The summed E-state index contributed by atoms with van der Waals surface area (Å²) in [4.78, 5) is 37.9. The lowest BCUT2D eigenvalue weighted by atomic mass is 9.75. The van der Waals surface area contributed by atoms with Gasteiger partial charge in [-0.15, -0.1) is 0 Å². The molecular weight excluding hydrogens is 523 g/mol. The second-order valence-electron chi connectivity index (χ2n) is 9.97. The van der Waals surface area contributed by atoms with Crippen molar-refractivity contribution in [3.8, 4) is 11.1 Å². The van der Waals surface area contributed by atoms with Crippen molar-refractivity contribution in [1.82, 2.24) is 14.9 Å². The number of nitrogens with zero attached hydrogens (tertiary/aromatic N) is 4. The number of para-hydroxylation sites is 1. The van der Waals surface area contributed by atoms with Gasteiger partial charge in [0, 0.05) is 47.7 Å². The summed E-state index contributed by atoms with van der Waals surface area (Å²) in [5.41, 5.74) is 7.50. The van der Waals surface area contributed by atoms with Crippen molar-refractivity contribution >= 4 is 28.5 Å². The molecule has 0 radical (unpaired) electrons. The Kier molecular flexibility index (Phi) is 5.99. The number of ether oxygens (including phenoxy) is 1. The van der Waals surface area contributed by atoms with Gasteiger partial charge in [0.05, 0.1) is 25.0 Å². The number of halogens is 3. The van der Waals surface area contributed by atoms with Crippen molar-refractivity contribution in [3.05, 3.63) is 90.0 Å². The number of hydrogen-bond donors (Lipinski definition) is 1. The fourth-order valence-corrected chi connectivity index (χ4v) is 5.62. The fraction of sp³-hybridized carbons (Fsp3) is 0.241. The van der Waals surface area contributed by atoms with Crippen LogP contribution in [-0.4, -0.2) is 53.2 Å². The summed E-state index contributed by atoms with van der Waals surface area (Å²) < 4.78 is 44.3. The van der Waals surface area contributed by atoms with E-state index >= 15 is 0 Å². The van der Waals surface area contributed by atoms with Gasteiger partial charge in [-0.1, -0.05) is 48.5 Å². The number of carbonyl (C=O) groups is 2. The monoisotopic (exact) mass is 547 g/mol. The van der Waals surface area contributed by atoms with Crippen LogP contribution in [0.15, 0.2) is 73.1 Å². The van der Waals surface area contributed by atoms with E-state index in [0.29, 0.717) is 16.8 Å². The van der Waals surface area contributed by atoms with E-state index in [4.69, 9.17) is 10.5 Å². The summed E-state index contributed by atoms with van der Waals surface area (Å²) in [5.74, 6) is -0.153. The van der Waals surface area contributed by atoms with Crippen molar-refractivity contribution in [1.29, 1.82) is 0 Å². The van der Waals surface area contributed by atoms with Crippen LogP contribution in [0.2, 0.25) is 0 Å². The number of alkyl halides is 3. The Morgan fingerprint density at radius 3 is 2.48 bits per heavy atom. The lowest BCUT2D eigenvalue weighted by molar-refractivity contribution is -0.150. The minimum Gasteiger partial charge on any atom is -0.453 e. The van der Waals surface area contributed by atoms with E-state index < -0.39 is 23.7 Å². The Bertz CT molecular complexity index is 1630. The lowest BCUT2D eigenvalue weighted by Crippen LogP contribution is -2.65. The van der Waals surface area contributed by atoms with Gasteiger partial charge in [-0.3, -0.25) is 14.8 Å². The zero-order chi connectivity index (χ0) is 28.2. The maximum atomic E-state index is 13.9. The normalized spacial score (nSPS) is 16.7. The number of pyridine rings is 2. The third-order valence-corrected chi connectivity index (χ3v) is 7.65. The molecule has 0 aliphatic carbocycles. The minimum atomic E-state index is -4.62. The number of rotatable bonds is 4. The number of amides is 2. The highest BCUT2D eigenvalue weighted by Crippen LogP contribution is 2.48. The zero-order valence-electron chi connectivity index (χ0n) is 21.4. The van der Waals surface area contributed by atoms with Crippen LogP contribution >= 0.6 is 0 Å². The fourth-order valence-electron chi connectivity index (χ4n) is 5.62. The van der Waals surface area contributed by atoms with Gasteiger partial charge in [0.15, 0.2) is 0 Å². The molecule has 4 aromatic rings. The highest BCUT2D eigenvalue weighted by Gasteiger charge is 2.59. The number of benzene rings is 2. The Balaban J connectivity index is 1.41. The molecule has 2 aliphatic heterocycles. The van der Waals surface area contributed by atoms with Crippen molar-refractivity contribution in [2.24, 2.45) is 5.73 Å². The second-order valence-corrected chi connectivity index (χ2v) is 9.97. The van der Waals surface area contributed by atoms with Gasteiger partial charge in [0.25, 0.3) is 0 Å². The average Bonchev–Trinajstić information content (AvgIpc) is 3.18. The van der Waals surface area contributed by atoms with E-state index in [1.807, 2.05) is 48.5 Å². The first kappa shape index (κ1) is 25.8. The molecule has 2 aromatic heterocycles. The van der Waals surface area contributed by atoms with E-state index in [1.54, 1.807) is 17.2 Å². The number of likely N-dealkylation sites (tertiary alicyclic amines) is 1. The second kappa shape index (κ2) is 9.30. The van der Waals surface area contributed by atoms with Crippen LogP contribution in [0.4, 0.5) is 23.7 Å². The van der Waals surface area contributed by atoms with Gasteiger partial charge in [-0.25, -0.2) is 4.79 Å². The Morgan fingerprint density at radius 1 is 1.05 bits per heavy atom. The molecule has 8 nitrogen and oxygen atoms in total. The number of aromatic nitrogens is 2. The maximum Gasteiger partial charge on any atom is 0.409 e. The topological polar surface area (TPSA) is 102 Å². The van der Waals surface area contributed by atoms with Crippen LogP contribution < -0.4 is 10.6 Å². The third kappa shape index (κ3) is 3.96. The molecule has 1 spiro atoms. The maximum absolute atomic E-state index is 13.9. The molecule has 40 heavy (non-hydrogen) atoms. The molecule has 0 bridgehead atoms. The summed E-state index contributed by atoms with van der Waals surface area (Å²) in [6.07, 6.45) is -2.05. The molecule has 6 rings (SSSR count). The standard InChI is InChI=1S/C29H24F3N5O3/c1-40-27(39)36-15-28(16-36)20-8-4-5-9-23(20)37(26(28)38)14-22-24(19-7-3-2-6-17(19)12-35-22)18-10-11-21(34-13-18)25(33)29(30,31)32/h2-13,25H,14-16,33H2,1H3. The first-order valence-corrected chi connectivity index (χ1v) is 12.5. The number of nitrogens with two attached hydrogens (primary N) is 1. The first-order valence-electron chi connectivity index (χ1n) is 12.5. The molecule has 2 N–H and O–H groups in total. The Hall–Kier alpha value is -4.51. The summed E-state index contributed by atoms with van der Waals surface area (Å²) >= 11 is 0. The molecular formula is C29H24F3N5O3. The largest absolute Gasteiger partial charge is 0.453 e.